The Kier molecular flexibility index (Phi) is 3.22. The molecule has 6 nitrogen and oxygen atoms in total. The number of amides is 2. The number of hydrogen-bond acceptors (Lipinski definition) is 4. The van der Waals surface area contributed by atoms with Crippen LogP contribution in [0.15, 0.2) is 18.3 Å². The lowest BCUT2D eigenvalue weighted by Crippen LogP contribution is -2.37. The highest BCUT2D eigenvalue weighted by molar-refractivity contribution is 5.99. The van der Waals surface area contributed by atoms with Crippen molar-refractivity contribution in [1.29, 1.82) is 0 Å². The van der Waals surface area contributed by atoms with E-state index in [2.05, 4.69) is 15.6 Å². The fraction of sp³-hybridized carbons (Fsp3) is 0.364. The van der Waals surface area contributed by atoms with E-state index >= 15 is 0 Å². The summed E-state index contributed by atoms with van der Waals surface area (Å²) in [5.41, 5.74) is 0.501. The third-order valence-electron chi connectivity index (χ3n) is 2.53. The molecule has 0 aliphatic carbocycles. The summed E-state index contributed by atoms with van der Waals surface area (Å²) in [5.74, 6) is 0.00984. The second-order valence-corrected chi connectivity index (χ2v) is 3.71. The lowest BCUT2D eigenvalue weighted by Gasteiger charge is -2.12. The molecule has 1 aliphatic rings. The van der Waals surface area contributed by atoms with Crippen molar-refractivity contribution in [3.63, 3.8) is 0 Å². The summed E-state index contributed by atoms with van der Waals surface area (Å²) in [6.45, 7) is 0. The van der Waals surface area contributed by atoms with Gasteiger partial charge in [-0.15, -0.1) is 0 Å². The van der Waals surface area contributed by atoms with Gasteiger partial charge < -0.3 is 15.4 Å². The van der Waals surface area contributed by atoms with Gasteiger partial charge in [0.1, 0.15) is 11.7 Å². The summed E-state index contributed by atoms with van der Waals surface area (Å²) in [6.07, 6.45) is 2.49. The average molecular weight is 235 g/mol. The molecule has 1 atom stereocenters. The Hall–Kier alpha value is -2.11. The van der Waals surface area contributed by atoms with E-state index in [0.717, 1.165) is 0 Å². The number of carbonyl (C=O) groups is 2. The molecular formula is C11H13N3O3. The molecule has 2 N–H and O–H groups in total. The number of nitrogens with zero attached hydrogens (tertiary/aromatic N) is 1. The van der Waals surface area contributed by atoms with Crippen molar-refractivity contribution in [2.45, 2.75) is 18.9 Å². The van der Waals surface area contributed by atoms with E-state index in [1.807, 2.05) is 0 Å². The molecule has 1 aliphatic heterocycles. The van der Waals surface area contributed by atoms with Crippen molar-refractivity contribution in [3.05, 3.63) is 18.3 Å². The van der Waals surface area contributed by atoms with Crippen LogP contribution in [-0.2, 0) is 9.59 Å². The van der Waals surface area contributed by atoms with Crippen LogP contribution in [0.4, 0.5) is 5.69 Å². The maximum absolute atomic E-state index is 11.8. The van der Waals surface area contributed by atoms with E-state index in [4.69, 9.17) is 4.74 Å². The van der Waals surface area contributed by atoms with Crippen molar-refractivity contribution < 1.29 is 14.3 Å². The van der Waals surface area contributed by atoms with Gasteiger partial charge in [0, 0.05) is 12.6 Å². The molecule has 0 radical (unpaired) electrons. The Morgan fingerprint density at radius 1 is 1.65 bits per heavy atom. The van der Waals surface area contributed by atoms with E-state index < -0.39 is 6.04 Å². The predicted molar refractivity (Wildman–Crippen MR) is 60.6 cm³/mol. The Balaban J connectivity index is 2.05. The number of rotatable bonds is 3. The van der Waals surface area contributed by atoms with Crippen molar-refractivity contribution in [2.24, 2.45) is 0 Å². The van der Waals surface area contributed by atoms with E-state index in [1.54, 1.807) is 18.3 Å². The van der Waals surface area contributed by atoms with Crippen LogP contribution in [-0.4, -0.2) is 29.9 Å². The lowest BCUT2D eigenvalue weighted by molar-refractivity contribution is -0.122. The summed E-state index contributed by atoms with van der Waals surface area (Å²) < 4.78 is 5.02. The van der Waals surface area contributed by atoms with Gasteiger partial charge in [-0.2, -0.15) is 0 Å². The third-order valence-corrected chi connectivity index (χ3v) is 2.53. The number of nitrogens with one attached hydrogen (secondary N) is 2. The third kappa shape index (κ3) is 2.52. The van der Waals surface area contributed by atoms with Crippen LogP contribution < -0.4 is 15.4 Å². The molecule has 0 bridgehead atoms. The molecule has 0 aromatic carbocycles. The van der Waals surface area contributed by atoms with Gasteiger partial charge in [-0.3, -0.25) is 9.59 Å². The topological polar surface area (TPSA) is 80.3 Å². The Morgan fingerprint density at radius 2 is 2.47 bits per heavy atom. The van der Waals surface area contributed by atoms with E-state index in [-0.39, 0.29) is 11.8 Å². The summed E-state index contributed by atoms with van der Waals surface area (Å²) >= 11 is 0. The minimum absolute atomic E-state index is 0.0942. The van der Waals surface area contributed by atoms with Crippen LogP contribution in [0.3, 0.4) is 0 Å². The normalized spacial score (nSPS) is 18.6. The van der Waals surface area contributed by atoms with E-state index in [1.165, 1.54) is 7.11 Å². The number of aromatic nitrogens is 1. The van der Waals surface area contributed by atoms with Crippen molar-refractivity contribution in [3.8, 4) is 5.88 Å². The van der Waals surface area contributed by atoms with Crippen LogP contribution in [0.5, 0.6) is 5.88 Å². The van der Waals surface area contributed by atoms with Gasteiger partial charge in [0.15, 0.2) is 0 Å². The molecule has 1 aromatic rings. The molecule has 1 aromatic heterocycles. The smallest absolute Gasteiger partial charge is 0.247 e. The molecule has 2 amide bonds. The molecule has 17 heavy (non-hydrogen) atoms. The fourth-order valence-corrected chi connectivity index (χ4v) is 1.68. The number of carbonyl (C=O) groups excluding carboxylic acids is 2. The van der Waals surface area contributed by atoms with Crippen molar-refractivity contribution in [1.82, 2.24) is 10.3 Å². The van der Waals surface area contributed by atoms with E-state index in [9.17, 15) is 9.59 Å². The van der Waals surface area contributed by atoms with E-state index in [0.29, 0.717) is 24.4 Å². The minimum Gasteiger partial charge on any atom is -0.480 e. The maximum Gasteiger partial charge on any atom is 0.247 e. The first-order valence-corrected chi connectivity index (χ1v) is 5.30. The van der Waals surface area contributed by atoms with Crippen LogP contribution in [0.2, 0.25) is 0 Å². The standard InChI is InChI=1S/C11H13N3O3/c1-17-11-8(3-2-6-12-11)14-10(16)7-4-5-9(15)13-7/h2-3,6-7H,4-5H2,1H3,(H,13,15)(H,14,16). The van der Waals surface area contributed by atoms with Gasteiger partial charge in [0.05, 0.1) is 7.11 Å². The second kappa shape index (κ2) is 4.82. The number of pyridine rings is 1. The molecule has 2 heterocycles. The molecule has 1 fully saturated rings. The fourth-order valence-electron chi connectivity index (χ4n) is 1.68. The number of anilines is 1. The average Bonchev–Trinajstić information content (AvgIpc) is 2.77. The highest BCUT2D eigenvalue weighted by Gasteiger charge is 2.27. The molecule has 90 valence electrons. The van der Waals surface area contributed by atoms with Crippen LogP contribution >= 0.6 is 0 Å². The molecule has 6 heteroatoms. The number of methoxy groups -OCH3 is 1. The number of ether oxygens (including phenoxy) is 1. The molecule has 1 unspecified atom stereocenters. The van der Waals surface area contributed by atoms with Gasteiger partial charge in [-0.05, 0) is 18.6 Å². The summed E-state index contributed by atoms with van der Waals surface area (Å²) in [4.78, 5) is 26.8. The van der Waals surface area contributed by atoms with Crippen molar-refractivity contribution >= 4 is 17.5 Å². The summed E-state index contributed by atoms with van der Waals surface area (Å²) in [5, 5.41) is 5.28. The Morgan fingerprint density at radius 3 is 3.12 bits per heavy atom. The molecule has 1 saturated heterocycles. The first kappa shape index (κ1) is 11.4. The van der Waals surface area contributed by atoms with Crippen molar-refractivity contribution in [2.75, 3.05) is 12.4 Å². The SMILES string of the molecule is COc1ncccc1NC(=O)C1CCC(=O)N1. The Bertz CT molecular complexity index is 447. The van der Waals surface area contributed by atoms with Gasteiger partial charge in [-0.1, -0.05) is 0 Å². The number of hydrogen-bond donors (Lipinski definition) is 2. The first-order valence-electron chi connectivity index (χ1n) is 5.30. The molecule has 0 saturated carbocycles. The molecule has 0 spiro atoms. The van der Waals surface area contributed by atoms with Gasteiger partial charge in [0.2, 0.25) is 17.7 Å². The summed E-state index contributed by atoms with van der Waals surface area (Å²) in [6, 6.07) is 2.93. The zero-order chi connectivity index (χ0) is 12.3. The quantitative estimate of drug-likeness (QED) is 0.790. The predicted octanol–water partition coefficient (Wildman–Crippen LogP) is 0.307. The Labute approximate surface area is 98.4 Å². The van der Waals surface area contributed by atoms with Gasteiger partial charge in [0.25, 0.3) is 0 Å². The van der Waals surface area contributed by atoms with Gasteiger partial charge in [-0.25, -0.2) is 4.98 Å². The highest BCUT2D eigenvalue weighted by atomic mass is 16.5. The maximum atomic E-state index is 11.8. The zero-order valence-electron chi connectivity index (χ0n) is 9.40. The largest absolute Gasteiger partial charge is 0.480 e. The monoisotopic (exact) mass is 235 g/mol. The van der Waals surface area contributed by atoms with Crippen LogP contribution in [0.25, 0.3) is 0 Å². The molecule has 2 rings (SSSR count). The second-order valence-electron chi connectivity index (χ2n) is 3.71. The summed E-state index contributed by atoms with van der Waals surface area (Å²) in [7, 11) is 1.48. The molecular weight excluding hydrogens is 222 g/mol. The van der Waals surface area contributed by atoms with Crippen LogP contribution in [0, 0.1) is 0 Å². The first-order chi connectivity index (χ1) is 8.20. The van der Waals surface area contributed by atoms with Crippen LogP contribution in [0.1, 0.15) is 12.8 Å². The highest BCUT2D eigenvalue weighted by Crippen LogP contribution is 2.20. The minimum atomic E-state index is -0.465. The van der Waals surface area contributed by atoms with Gasteiger partial charge >= 0.3 is 0 Å². The lowest BCUT2D eigenvalue weighted by atomic mass is 10.2. The zero-order valence-corrected chi connectivity index (χ0v) is 9.40.